The average Bonchev–Trinajstić information content (AvgIpc) is 2.17. The van der Waals surface area contributed by atoms with Gasteiger partial charge in [-0.3, -0.25) is 0 Å². The van der Waals surface area contributed by atoms with Crippen LogP contribution in [0.4, 0.5) is 0 Å². The van der Waals surface area contributed by atoms with E-state index in [0.717, 1.165) is 6.04 Å². The van der Waals surface area contributed by atoms with E-state index in [9.17, 15) is 0 Å². The molecule has 0 saturated heterocycles. The minimum Gasteiger partial charge on any atom is -0.306 e. The first-order valence-corrected chi connectivity index (χ1v) is 5.00. The molecule has 78 valence electrons. The summed E-state index contributed by atoms with van der Waals surface area (Å²) in [6.45, 7) is 0. The zero-order valence-electron chi connectivity index (χ0n) is 8.86. The zero-order valence-corrected chi connectivity index (χ0v) is 9.68. The Labute approximate surface area is 92.5 Å². The van der Waals surface area contributed by atoms with Crippen LogP contribution in [-0.2, 0) is 12.8 Å². The molecule has 0 aromatic heterocycles. The molecular weight excluding hydrogens is 194 g/mol. The van der Waals surface area contributed by atoms with Gasteiger partial charge in [-0.15, -0.1) is 12.4 Å². The summed E-state index contributed by atoms with van der Waals surface area (Å²) in [5, 5.41) is 0. The normalized spacial score (nSPS) is 20.1. The Hall–Kier alpha value is -0.530. The van der Waals surface area contributed by atoms with Crippen molar-refractivity contribution in [2.75, 3.05) is 14.1 Å². The van der Waals surface area contributed by atoms with Crippen molar-refractivity contribution in [2.45, 2.75) is 25.3 Å². The second kappa shape index (κ2) is 4.81. The third-order valence-corrected chi connectivity index (χ3v) is 3.05. The highest BCUT2D eigenvalue weighted by atomic mass is 35.5. The van der Waals surface area contributed by atoms with Gasteiger partial charge >= 0.3 is 0 Å². The third-order valence-electron chi connectivity index (χ3n) is 3.05. The largest absolute Gasteiger partial charge is 0.306 e. The van der Waals surface area contributed by atoms with Gasteiger partial charge in [0.1, 0.15) is 0 Å². The molecule has 0 saturated carbocycles. The van der Waals surface area contributed by atoms with Crippen LogP contribution in [0.2, 0.25) is 0 Å². The lowest BCUT2D eigenvalue weighted by Crippen LogP contribution is -2.33. The molecule has 0 aliphatic heterocycles. The lowest BCUT2D eigenvalue weighted by Gasteiger charge is -2.29. The van der Waals surface area contributed by atoms with Gasteiger partial charge in [0.05, 0.1) is 0 Å². The van der Waals surface area contributed by atoms with Crippen LogP contribution in [0.25, 0.3) is 0 Å². The minimum atomic E-state index is 0. The number of fused-ring (bicyclic) bond motifs is 1. The van der Waals surface area contributed by atoms with Crippen LogP contribution in [0.15, 0.2) is 24.3 Å². The van der Waals surface area contributed by atoms with Crippen LogP contribution in [-0.4, -0.2) is 25.0 Å². The number of halogens is 1. The number of aryl methyl sites for hydroxylation is 1. The molecular formula is C12H18ClN. The molecule has 2 heteroatoms. The van der Waals surface area contributed by atoms with Crippen LogP contribution >= 0.6 is 12.4 Å². The van der Waals surface area contributed by atoms with E-state index in [1.165, 1.54) is 19.3 Å². The van der Waals surface area contributed by atoms with Gasteiger partial charge in [0, 0.05) is 6.04 Å². The predicted octanol–water partition coefficient (Wildman–Crippen LogP) is 2.53. The topological polar surface area (TPSA) is 3.24 Å². The second-order valence-electron chi connectivity index (χ2n) is 4.13. The quantitative estimate of drug-likeness (QED) is 0.690. The molecule has 1 nitrogen and oxygen atoms in total. The lowest BCUT2D eigenvalue weighted by molar-refractivity contribution is 0.268. The molecule has 1 atom stereocenters. The minimum absolute atomic E-state index is 0. The van der Waals surface area contributed by atoms with E-state index < -0.39 is 0 Å². The van der Waals surface area contributed by atoms with E-state index in [0.29, 0.717) is 0 Å². The Morgan fingerprint density at radius 2 is 1.79 bits per heavy atom. The summed E-state index contributed by atoms with van der Waals surface area (Å²) >= 11 is 0. The lowest BCUT2D eigenvalue weighted by atomic mass is 9.88. The molecule has 1 aromatic rings. The number of benzene rings is 1. The number of rotatable bonds is 1. The van der Waals surface area contributed by atoms with Crippen molar-refractivity contribution < 1.29 is 0 Å². The Morgan fingerprint density at radius 3 is 2.43 bits per heavy atom. The van der Waals surface area contributed by atoms with Crippen molar-refractivity contribution in [1.29, 1.82) is 0 Å². The van der Waals surface area contributed by atoms with E-state index in [4.69, 9.17) is 0 Å². The highest BCUT2D eigenvalue weighted by Gasteiger charge is 2.18. The maximum Gasteiger partial charge on any atom is 0.0133 e. The highest BCUT2D eigenvalue weighted by Crippen LogP contribution is 2.22. The van der Waals surface area contributed by atoms with E-state index in [2.05, 4.69) is 43.3 Å². The molecule has 0 heterocycles. The van der Waals surface area contributed by atoms with Crippen molar-refractivity contribution in [2.24, 2.45) is 0 Å². The number of nitrogens with zero attached hydrogens (tertiary/aromatic N) is 1. The Kier molecular flexibility index (Phi) is 3.97. The maximum absolute atomic E-state index is 2.34. The van der Waals surface area contributed by atoms with Gasteiger partial charge in [-0.05, 0) is 44.5 Å². The van der Waals surface area contributed by atoms with Crippen LogP contribution in [0.3, 0.4) is 0 Å². The van der Waals surface area contributed by atoms with Gasteiger partial charge in [0.2, 0.25) is 0 Å². The molecule has 1 aliphatic rings. The van der Waals surface area contributed by atoms with Crippen molar-refractivity contribution in [3.63, 3.8) is 0 Å². The van der Waals surface area contributed by atoms with E-state index in [-0.39, 0.29) is 12.4 Å². The zero-order chi connectivity index (χ0) is 9.26. The molecule has 14 heavy (non-hydrogen) atoms. The second-order valence-corrected chi connectivity index (χ2v) is 4.13. The summed E-state index contributed by atoms with van der Waals surface area (Å²) in [5.74, 6) is 0. The van der Waals surface area contributed by atoms with E-state index >= 15 is 0 Å². The molecule has 0 amide bonds. The smallest absolute Gasteiger partial charge is 0.0133 e. The fourth-order valence-electron chi connectivity index (χ4n) is 2.12. The predicted molar refractivity (Wildman–Crippen MR) is 63.2 cm³/mol. The van der Waals surface area contributed by atoms with Gasteiger partial charge in [0.25, 0.3) is 0 Å². The molecule has 0 radical (unpaired) electrons. The molecule has 2 rings (SSSR count). The number of hydrogen-bond donors (Lipinski definition) is 0. The fourth-order valence-corrected chi connectivity index (χ4v) is 2.12. The summed E-state index contributed by atoms with van der Waals surface area (Å²) in [4.78, 5) is 2.34. The Morgan fingerprint density at radius 1 is 1.14 bits per heavy atom. The van der Waals surface area contributed by atoms with Crippen LogP contribution in [0.1, 0.15) is 17.5 Å². The van der Waals surface area contributed by atoms with Gasteiger partial charge in [-0.1, -0.05) is 24.3 Å². The first-order valence-electron chi connectivity index (χ1n) is 5.00. The van der Waals surface area contributed by atoms with Gasteiger partial charge in [0.15, 0.2) is 0 Å². The van der Waals surface area contributed by atoms with Gasteiger partial charge in [-0.25, -0.2) is 0 Å². The number of hydrogen-bond acceptors (Lipinski definition) is 1. The van der Waals surface area contributed by atoms with Crippen LogP contribution in [0, 0.1) is 0 Å². The highest BCUT2D eigenvalue weighted by molar-refractivity contribution is 5.85. The first kappa shape index (κ1) is 11.5. The average molecular weight is 212 g/mol. The summed E-state index contributed by atoms with van der Waals surface area (Å²) < 4.78 is 0. The molecule has 1 unspecified atom stereocenters. The van der Waals surface area contributed by atoms with Crippen molar-refractivity contribution in [1.82, 2.24) is 4.90 Å². The molecule has 1 aromatic carbocycles. The first-order chi connectivity index (χ1) is 6.27. The SMILES string of the molecule is CN(C)C1CCc2ccccc2C1.Cl. The van der Waals surface area contributed by atoms with Crippen molar-refractivity contribution in [3.05, 3.63) is 35.4 Å². The summed E-state index contributed by atoms with van der Waals surface area (Å²) in [6.07, 6.45) is 3.78. The number of likely N-dealkylation sites (N-methyl/N-ethyl adjacent to an activating group) is 1. The van der Waals surface area contributed by atoms with Crippen molar-refractivity contribution >= 4 is 12.4 Å². The summed E-state index contributed by atoms with van der Waals surface area (Å²) in [6, 6.07) is 9.58. The Bertz CT molecular complexity index is 296. The standard InChI is InChI=1S/C12H17N.ClH/c1-13(2)12-8-7-10-5-3-4-6-11(10)9-12;/h3-6,12H,7-9H2,1-2H3;1H. The molecule has 0 spiro atoms. The Balaban J connectivity index is 0.000000980. The van der Waals surface area contributed by atoms with E-state index in [1.54, 1.807) is 11.1 Å². The summed E-state index contributed by atoms with van der Waals surface area (Å²) in [5.41, 5.74) is 3.10. The van der Waals surface area contributed by atoms with Gasteiger partial charge < -0.3 is 4.90 Å². The van der Waals surface area contributed by atoms with Gasteiger partial charge in [-0.2, -0.15) is 0 Å². The van der Waals surface area contributed by atoms with Crippen LogP contribution in [0.5, 0.6) is 0 Å². The maximum atomic E-state index is 2.34. The summed E-state index contributed by atoms with van der Waals surface area (Å²) in [7, 11) is 4.36. The van der Waals surface area contributed by atoms with E-state index in [1.807, 2.05) is 0 Å². The monoisotopic (exact) mass is 211 g/mol. The fraction of sp³-hybridized carbons (Fsp3) is 0.500. The molecule has 1 aliphatic carbocycles. The van der Waals surface area contributed by atoms with Crippen LogP contribution < -0.4 is 0 Å². The third kappa shape index (κ3) is 2.28. The molecule has 0 bridgehead atoms. The molecule has 0 fully saturated rings. The molecule has 0 N–H and O–H groups in total. The van der Waals surface area contributed by atoms with Crippen molar-refractivity contribution in [3.8, 4) is 0 Å².